The maximum Gasteiger partial charge on any atom is 0.269 e. The van der Waals surface area contributed by atoms with Gasteiger partial charge in [-0.1, -0.05) is 7.43 Å². The molecule has 0 spiro atoms. The molecule has 2 aromatic rings. The Bertz CT molecular complexity index is 529. The zero-order valence-corrected chi connectivity index (χ0v) is 9.57. The first-order chi connectivity index (χ1) is 7.61. The van der Waals surface area contributed by atoms with E-state index in [4.69, 9.17) is 4.74 Å². The summed E-state index contributed by atoms with van der Waals surface area (Å²) >= 11 is 0. The number of H-pyrrole nitrogens is 1. The average Bonchev–Trinajstić information content (AvgIpc) is 2.69. The predicted molar refractivity (Wildman–Crippen MR) is 69.6 cm³/mol. The molecule has 17 heavy (non-hydrogen) atoms. The third-order valence-electron chi connectivity index (χ3n) is 2.46. The molecular weight excluding hydrogens is 216 g/mol. The molecule has 0 saturated heterocycles. The molecule has 0 bridgehead atoms. The minimum Gasteiger partial charge on any atom is -0.497 e. The molecule has 0 radical (unpaired) electrons. The van der Waals surface area contributed by atoms with Crippen LogP contribution in [0.5, 0.6) is 5.75 Å². The van der Waals surface area contributed by atoms with Gasteiger partial charge in [0.1, 0.15) is 11.4 Å². The molecule has 0 fully saturated rings. The number of aromatic nitrogens is 1. The molecule has 4 nitrogen and oxygen atoms in total. The van der Waals surface area contributed by atoms with Gasteiger partial charge in [0.2, 0.25) is 0 Å². The minimum atomic E-state index is -0.0323. The Morgan fingerprint density at radius 3 is 2.59 bits per heavy atom. The van der Waals surface area contributed by atoms with Gasteiger partial charge in [0.15, 0.2) is 0 Å². The van der Waals surface area contributed by atoms with Crippen molar-refractivity contribution in [2.24, 2.45) is 0 Å². The van der Waals surface area contributed by atoms with Crippen LogP contribution in [0.1, 0.15) is 17.9 Å². The number of hydrogen-bond acceptors (Lipinski definition) is 2. The molecule has 2 rings (SSSR count). The Balaban J connectivity index is 0.00000144. The van der Waals surface area contributed by atoms with Crippen LogP contribution >= 0.6 is 0 Å². The number of carbonyl (C=O) groups is 1. The summed E-state index contributed by atoms with van der Waals surface area (Å²) in [5.41, 5.74) is 1.53. The van der Waals surface area contributed by atoms with Crippen LogP contribution in [0.3, 0.4) is 0 Å². The Morgan fingerprint density at radius 2 is 2.00 bits per heavy atom. The maximum absolute atomic E-state index is 11.7. The molecule has 1 aromatic carbocycles. The van der Waals surface area contributed by atoms with Crippen LogP contribution in [-0.2, 0) is 0 Å². The lowest BCUT2D eigenvalue weighted by atomic mass is 10.2. The Labute approximate surface area is 101 Å². The first-order valence-corrected chi connectivity index (χ1v) is 5.00. The Kier molecular flexibility index (Phi) is 3.78. The van der Waals surface area contributed by atoms with E-state index in [1.54, 1.807) is 26.1 Å². The monoisotopic (exact) mass is 234 g/mol. The van der Waals surface area contributed by atoms with E-state index in [0.29, 0.717) is 5.69 Å². The van der Waals surface area contributed by atoms with Gasteiger partial charge in [-0.05, 0) is 24.3 Å². The summed E-state index contributed by atoms with van der Waals surface area (Å²) in [5.74, 6) is 0.755. The molecule has 0 aliphatic rings. The van der Waals surface area contributed by atoms with Crippen molar-refractivity contribution in [2.75, 3.05) is 21.2 Å². The van der Waals surface area contributed by atoms with Crippen LogP contribution in [0, 0.1) is 0 Å². The zero-order chi connectivity index (χ0) is 11.7. The third kappa shape index (κ3) is 2.41. The van der Waals surface area contributed by atoms with Gasteiger partial charge >= 0.3 is 0 Å². The van der Waals surface area contributed by atoms with E-state index in [0.717, 1.165) is 16.7 Å². The van der Waals surface area contributed by atoms with Crippen molar-refractivity contribution in [2.45, 2.75) is 7.43 Å². The topological polar surface area (TPSA) is 45.3 Å². The van der Waals surface area contributed by atoms with Crippen LogP contribution in [0.2, 0.25) is 0 Å². The normalized spacial score (nSPS) is 9.82. The summed E-state index contributed by atoms with van der Waals surface area (Å²) in [6.07, 6.45) is 0. The molecule has 1 amide bonds. The SMILES string of the molecule is C.COc1ccc2[nH]c(C(=O)N(C)C)cc2c1. The highest BCUT2D eigenvalue weighted by Crippen LogP contribution is 2.21. The maximum atomic E-state index is 11.7. The summed E-state index contributed by atoms with van der Waals surface area (Å²) in [5, 5.41) is 0.976. The Hall–Kier alpha value is -1.97. The zero-order valence-electron chi connectivity index (χ0n) is 9.57. The lowest BCUT2D eigenvalue weighted by Gasteiger charge is -2.07. The summed E-state index contributed by atoms with van der Waals surface area (Å²) in [7, 11) is 5.09. The van der Waals surface area contributed by atoms with Crippen LogP contribution in [0.4, 0.5) is 0 Å². The van der Waals surface area contributed by atoms with Crippen LogP contribution in [0.15, 0.2) is 24.3 Å². The Morgan fingerprint density at radius 1 is 1.29 bits per heavy atom. The van der Waals surface area contributed by atoms with E-state index < -0.39 is 0 Å². The molecule has 1 aromatic heterocycles. The summed E-state index contributed by atoms with van der Waals surface area (Å²) in [6, 6.07) is 7.50. The molecule has 4 heteroatoms. The van der Waals surface area contributed by atoms with Gasteiger partial charge in [-0.25, -0.2) is 0 Å². The second-order valence-electron chi connectivity index (χ2n) is 3.84. The molecule has 0 atom stereocenters. The first kappa shape index (κ1) is 13.1. The van der Waals surface area contributed by atoms with Gasteiger partial charge in [-0.3, -0.25) is 4.79 Å². The molecule has 1 heterocycles. The van der Waals surface area contributed by atoms with Gasteiger partial charge in [-0.2, -0.15) is 0 Å². The van der Waals surface area contributed by atoms with E-state index in [2.05, 4.69) is 4.98 Å². The van der Waals surface area contributed by atoms with Gasteiger partial charge in [0, 0.05) is 25.0 Å². The van der Waals surface area contributed by atoms with Crippen LogP contribution in [-0.4, -0.2) is 37.0 Å². The van der Waals surface area contributed by atoms with Crippen molar-refractivity contribution < 1.29 is 9.53 Å². The number of fused-ring (bicyclic) bond motifs is 1. The molecule has 0 saturated carbocycles. The van der Waals surface area contributed by atoms with E-state index in [1.807, 2.05) is 24.3 Å². The third-order valence-corrected chi connectivity index (χ3v) is 2.46. The number of aromatic amines is 1. The number of amides is 1. The van der Waals surface area contributed by atoms with Crippen molar-refractivity contribution in [1.29, 1.82) is 0 Å². The molecule has 0 unspecified atom stereocenters. The molecular formula is C13H18N2O2. The lowest BCUT2D eigenvalue weighted by Crippen LogP contribution is -2.21. The first-order valence-electron chi connectivity index (χ1n) is 5.00. The number of methoxy groups -OCH3 is 1. The molecule has 92 valence electrons. The van der Waals surface area contributed by atoms with Gasteiger partial charge < -0.3 is 14.6 Å². The molecule has 0 aliphatic carbocycles. The van der Waals surface area contributed by atoms with E-state index in [-0.39, 0.29) is 13.3 Å². The summed E-state index contributed by atoms with van der Waals surface area (Å²) < 4.78 is 5.13. The van der Waals surface area contributed by atoms with Crippen molar-refractivity contribution in [3.63, 3.8) is 0 Å². The van der Waals surface area contributed by atoms with E-state index >= 15 is 0 Å². The van der Waals surface area contributed by atoms with E-state index in [1.165, 1.54) is 0 Å². The van der Waals surface area contributed by atoms with Crippen molar-refractivity contribution in [3.05, 3.63) is 30.0 Å². The number of rotatable bonds is 2. The highest BCUT2D eigenvalue weighted by atomic mass is 16.5. The largest absolute Gasteiger partial charge is 0.497 e. The number of nitrogens with one attached hydrogen (secondary N) is 1. The smallest absolute Gasteiger partial charge is 0.269 e. The summed E-state index contributed by atoms with van der Waals surface area (Å²) in [4.78, 5) is 16.4. The number of hydrogen-bond donors (Lipinski definition) is 1. The second-order valence-corrected chi connectivity index (χ2v) is 3.84. The standard InChI is InChI=1S/C12H14N2O2.CH4/c1-14(2)12(15)11-7-8-6-9(16-3)4-5-10(8)13-11;/h4-7,13H,1-3H3;1H4. The number of nitrogens with zero attached hydrogens (tertiary/aromatic N) is 1. The number of ether oxygens (including phenoxy) is 1. The van der Waals surface area contributed by atoms with Crippen LogP contribution in [0.25, 0.3) is 10.9 Å². The van der Waals surface area contributed by atoms with Gasteiger partial charge in [0.25, 0.3) is 5.91 Å². The van der Waals surface area contributed by atoms with Gasteiger partial charge in [0.05, 0.1) is 7.11 Å². The highest BCUT2D eigenvalue weighted by molar-refractivity contribution is 5.98. The molecule has 1 N–H and O–H groups in total. The van der Waals surface area contributed by atoms with Crippen molar-refractivity contribution in [3.8, 4) is 5.75 Å². The fraction of sp³-hybridized carbons (Fsp3) is 0.308. The fourth-order valence-corrected chi connectivity index (χ4v) is 1.59. The molecule has 0 aliphatic heterocycles. The predicted octanol–water partition coefficient (Wildman–Crippen LogP) is 2.51. The van der Waals surface area contributed by atoms with Gasteiger partial charge in [-0.15, -0.1) is 0 Å². The number of benzene rings is 1. The lowest BCUT2D eigenvalue weighted by molar-refractivity contribution is 0.0823. The number of carbonyl (C=O) groups excluding carboxylic acids is 1. The fourth-order valence-electron chi connectivity index (χ4n) is 1.59. The van der Waals surface area contributed by atoms with Crippen LogP contribution < -0.4 is 4.74 Å². The average molecular weight is 234 g/mol. The second kappa shape index (κ2) is 4.91. The quantitative estimate of drug-likeness (QED) is 0.867. The highest BCUT2D eigenvalue weighted by Gasteiger charge is 2.11. The van der Waals surface area contributed by atoms with E-state index in [9.17, 15) is 4.79 Å². The summed E-state index contributed by atoms with van der Waals surface area (Å²) in [6.45, 7) is 0. The van der Waals surface area contributed by atoms with Crippen molar-refractivity contribution >= 4 is 16.8 Å². The minimum absolute atomic E-state index is 0. The van der Waals surface area contributed by atoms with Crippen molar-refractivity contribution in [1.82, 2.24) is 9.88 Å².